The molecule has 3 aromatic rings. The molecule has 0 spiro atoms. The van der Waals surface area contributed by atoms with E-state index in [0.29, 0.717) is 13.1 Å². The highest BCUT2D eigenvalue weighted by atomic mass is 16.6. The average Bonchev–Trinajstić information content (AvgIpc) is 2.83. The van der Waals surface area contributed by atoms with E-state index in [1.165, 1.54) is 24.3 Å². The molecule has 4 rings (SSSR count). The van der Waals surface area contributed by atoms with Crippen LogP contribution in [0.4, 0.5) is 5.69 Å². The molecule has 1 N–H and O–H groups in total. The number of piperazine rings is 1. The molecule has 0 unspecified atom stereocenters. The SMILES string of the molecule is O=C(NCC(=O)N1CCN(Cc2cccc3cccnc23)CC1)c1cccc([N+](=O)[O-])c1. The highest BCUT2D eigenvalue weighted by Crippen LogP contribution is 2.18. The normalized spacial score (nSPS) is 14.3. The zero-order valence-electron chi connectivity index (χ0n) is 17.4. The van der Waals surface area contributed by atoms with Crippen LogP contribution in [-0.2, 0) is 11.3 Å². The summed E-state index contributed by atoms with van der Waals surface area (Å²) in [5, 5.41) is 14.5. The fraction of sp³-hybridized carbons (Fsp3) is 0.261. The van der Waals surface area contributed by atoms with Gasteiger partial charge in [-0.2, -0.15) is 0 Å². The second-order valence-electron chi connectivity index (χ2n) is 7.64. The first-order valence-electron chi connectivity index (χ1n) is 10.4. The van der Waals surface area contributed by atoms with Gasteiger partial charge in [-0.25, -0.2) is 0 Å². The fourth-order valence-electron chi connectivity index (χ4n) is 3.82. The number of nitro benzene ring substituents is 1. The zero-order valence-corrected chi connectivity index (χ0v) is 17.4. The van der Waals surface area contributed by atoms with E-state index >= 15 is 0 Å². The number of pyridine rings is 1. The predicted molar refractivity (Wildman–Crippen MR) is 119 cm³/mol. The Morgan fingerprint density at radius 1 is 1.03 bits per heavy atom. The summed E-state index contributed by atoms with van der Waals surface area (Å²) in [5.74, 6) is -0.681. The molecule has 0 radical (unpaired) electrons. The number of hydrogen-bond donors (Lipinski definition) is 1. The summed E-state index contributed by atoms with van der Waals surface area (Å²) in [6.07, 6.45) is 1.80. The van der Waals surface area contributed by atoms with Crippen LogP contribution in [0.3, 0.4) is 0 Å². The Morgan fingerprint density at radius 2 is 1.78 bits per heavy atom. The molecule has 2 amide bonds. The van der Waals surface area contributed by atoms with E-state index in [2.05, 4.69) is 21.3 Å². The third-order valence-corrected chi connectivity index (χ3v) is 5.55. The number of rotatable bonds is 6. The van der Waals surface area contributed by atoms with Gasteiger partial charge in [0.05, 0.1) is 17.0 Å². The molecule has 2 aromatic carbocycles. The van der Waals surface area contributed by atoms with Crippen LogP contribution in [-0.4, -0.2) is 64.2 Å². The van der Waals surface area contributed by atoms with Crippen molar-refractivity contribution in [3.63, 3.8) is 0 Å². The van der Waals surface area contributed by atoms with Gasteiger partial charge in [-0.3, -0.25) is 29.6 Å². The number of nitro groups is 1. The van der Waals surface area contributed by atoms with Crippen LogP contribution in [0.15, 0.2) is 60.8 Å². The molecule has 1 aliphatic heterocycles. The maximum atomic E-state index is 12.5. The average molecular weight is 433 g/mol. The summed E-state index contributed by atoms with van der Waals surface area (Å²) in [6, 6.07) is 15.6. The topological polar surface area (TPSA) is 109 Å². The third kappa shape index (κ3) is 4.89. The van der Waals surface area contributed by atoms with E-state index in [-0.39, 0.29) is 23.7 Å². The number of nitrogens with one attached hydrogen (secondary N) is 1. The van der Waals surface area contributed by atoms with Crippen molar-refractivity contribution in [3.8, 4) is 0 Å². The minimum Gasteiger partial charge on any atom is -0.343 e. The highest BCUT2D eigenvalue weighted by molar-refractivity contribution is 5.97. The van der Waals surface area contributed by atoms with Gasteiger partial charge in [0.15, 0.2) is 0 Å². The number of carbonyl (C=O) groups is 2. The molecule has 1 fully saturated rings. The van der Waals surface area contributed by atoms with Crippen molar-refractivity contribution < 1.29 is 14.5 Å². The van der Waals surface area contributed by atoms with Crippen LogP contribution >= 0.6 is 0 Å². The Labute approximate surface area is 184 Å². The Kier molecular flexibility index (Phi) is 6.37. The van der Waals surface area contributed by atoms with Gasteiger partial charge in [-0.05, 0) is 17.7 Å². The molecule has 1 saturated heterocycles. The van der Waals surface area contributed by atoms with Crippen molar-refractivity contribution in [2.24, 2.45) is 0 Å². The first kappa shape index (κ1) is 21.4. The van der Waals surface area contributed by atoms with Crippen molar-refractivity contribution in [1.29, 1.82) is 0 Å². The van der Waals surface area contributed by atoms with Gasteiger partial charge in [-0.1, -0.05) is 30.3 Å². The van der Waals surface area contributed by atoms with E-state index in [4.69, 9.17) is 0 Å². The van der Waals surface area contributed by atoms with Gasteiger partial charge >= 0.3 is 0 Å². The number of non-ortho nitro benzene ring substituents is 1. The summed E-state index contributed by atoms with van der Waals surface area (Å²) in [7, 11) is 0. The van der Waals surface area contributed by atoms with Crippen molar-refractivity contribution in [1.82, 2.24) is 20.1 Å². The van der Waals surface area contributed by atoms with E-state index < -0.39 is 10.8 Å². The smallest absolute Gasteiger partial charge is 0.270 e. The lowest BCUT2D eigenvalue weighted by atomic mass is 10.1. The summed E-state index contributed by atoms with van der Waals surface area (Å²) < 4.78 is 0. The second-order valence-corrected chi connectivity index (χ2v) is 7.64. The van der Waals surface area contributed by atoms with Gasteiger partial charge in [0.1, 0.15) is 0 Å². The number of benzene rings is 2. The Balaban J connectivity index is 1.28. The number of hydrogen-bond acceptors (Lipinski definition) is 6. The van der Waals surface area contributed by atoms with Gasteiger partial charge in [0, 0.05) is 62.0 Å². The summed E-state index contributed by atoms with van der Waals surface area (Å²) in [5.41, 5.74) is 2.14. The van der Waals surface area contributed by atoms with Crippen LogP contribution in [0, 0.1) is 10.1 Å². The monoisotopic (exact) mass is 433 g/mol. The Hall–Kier alpha value is -3.85. The maximum absolute atomic E-state index is 12.5. The minimum absolute atomic E-state index is 0.144. The lowest BCUT2D eigenvalue weighted by Gasteiger charge is -2.35. The maximum Gasteiger partial charge on any atom is 0.270 e. The third-order valence-electron chi connectivity index (χ3n) is 5.55. The molecule has 0 saturated carbocycles. The lowest BCUT2D eigenvalue weighted by Crippen LogP contribution is -2.50. The van der Waals surface area contributed by atoms with Crippen LogP contribution in [0.5, 0.6) is 0 Å². The van der Waals surface area contributed by atoms with Gasteiger partial charge < -0.3 is 10.2 Å². The van der Waals surface area contributed by atoms with E-state index in [0.717, 1.165) is 36.1 Å². The molecule has 0 atom stereocenters. The number of para-hydroxylation sites is 1. The van der Waals surface area contributed by atoms with Crippen LogP contribution in [0.2, 0.25) is 0 Å². The first-order chi connectivity index (χ1) is 15.5. The van der Waals surface area contributed by atoms with Gasteiger partial charge in [0.25, 0.3) is 11.6 Å². The predicted octanol–water partition coefficient (Wildman–Crippen LogP) is 2.22. The Morgan fingerprint density at radius 3 is 2.56 bits per heavy atom. The van der Waals surface area contributed by atoms with E-state index in [1.54, 1.807) is 11.1 Å². The van der Waals surface area contributed by atoms with E-state index in [1.807, 2.05) is 24.3 Å². The van der Waals surface area contributed by atoms with Crippen molar-refractivity contribution in [2.75, 3.05) is 32.7 Å². The molecular weight excluding hydrogens is 410 g/mol. The van der Waals surface area contributed by atoms with Crippen LogP contribution in [0.25, 0.3) is 10.9 Å². The molecule has 2 heterocycles. The molecular formula is C23H23N5O4. The summed E-state index contributed by atoms with van der Waals surface area (Å²) >= 11 is 0. The largest absolute Gasteiger partial charge is 0.343 e. The summed E-state index contributed by atoms with van der Waals surface area (Å²) in [6.45, 7) is 3.23. The second kappa shape index (κ2) is 9.52. The van der Waals surface area contributed by atoms with Crippen molar-refractivity contribution in [3.05, 3.63) is 82.0 Å². The minimum atomic E-state index is -0.560. The molecule has 0 bridgehead atoms. The van der Waals surface area contributed by atoms with Crippen LogP contribution in [0.1, 0.15) is 15.9 Å². The molecule has 9 heteroatoms. The molecule has 9 nitrogen and oxygen atoms in total. The molecule has 0 aliphatic carbocycles. The van der Waals surface area contributed by atoms with Gasteiger partial charge in [0.2, 0.25) is 5.91 Å². The number of nitrogens with zero attached hydrogens (tertiary/aromatic N) is 4. The molecule has 1 aliphatic rings. The van der Waals surface area contributed by atoms with Crippen molar-refractivity contribution >= 4 is 28.4 Å². The van der Waals surface area contributed by atoms with E-state index in [9.17, 15) is 19.7 Å². The summed E-state index contributed by atoms with van der Waals surface area (Å²) in [4.78, 5) is 43.6. The van der Waals surface area contributed by atoms with Crippen molar-refractivity contribution in [2.45, 2.75) is 6.54 Å². The standard InChI is InChI=1S/C23H23N5O4/c29-21(15-25-23(30)18-5-2-8-20(14-18)28(31)32)27-12-10-26(11-13-27)16-19-6-1-4-17-7-3-9-24-22(17)19/h1-9,14H,10-13,15-16H2,(H,25,30). The lowest BCUT2D eigenvalue weighted by molar-refractivity contribution is -0.384. The first-order valence-corrected chi connectivity index (χ1v) is 10.4. The molecule has 164 valence electrons. The molecule has 1 aromatic heterocycles. The number of amides is 2. The molecule has 32 heavy (non-hydrogen) atoms. The highest BCUT2D eigenvalue weighted by Gasteiger charge is 2.22. The van der Waals surface area contributed by atoms with Crippen LogP contribution < -0.4 is 5.32 Å². The number of fused-ring (bicyclic) bond motifs is 1. The number of carbonyl (C=O) groups excluding carboxylic acids is 2. The number of aromatic nitrogens is 1. The van der Waals surface area contributed by atoms with Gasteiger partial charge in [-0.15, -0.1) is 0 Å². The Bertz CT molecular complexity index is 1150. The fourth-order valence-corrected chi connectivity index (χ4v) is 3.82. The quantitative estimate of drug-likeness (QED) is 0.472. The zero-order chi connectivity index (χ0) is 22.5.